The molecule has 2 unspecified atom stereocenters. The summed E-state index contributed by atoms with van der Waals surface area (Å²) in [5.74, 6) is 3.36. The Morgan fingerprint density at radius 1 is 1.03 bits per heavy atom. The molecule has 3 aromatic rings. The molecule has 4 aliphatic rings. The Bertz CT molecular complexity index is 1340. The average Bonchev–Trinajstić information content (AvgIpc) is 3.21. The van der Waals surface area contributed by atoms with Gasteiger partial charge in [0.15, 0.2) is 0 Å². The van der Waals surface area contributed by atoms with Gasteiger partial charge in [-0.2, -0.15) is 0 Å². The second-order valence-corrected chi connectivity index (χ2v) is 10.0. The maximum atomic E-state index is 6.38. The average molecular weight is 472 g/mol. The maximum absolute atomic E-state index is 6.38. The van der Waals surface area contributed by atoms with Crippen molar-refractivity contribution in [3.05, 3.63) is 64.8 Å². The molecule has 0 amide bonds. The normalized spacial score (nSPS) is 23.8. The van der Waals surface area contributed by atoms with Crippen molar-refractivity contribution in [2.24, 2.45) is 4.99 Å². The number of nitrogens with zero attached hydrogens (tertiary/aromatic N) is 5. The minimum atomic E-state index is -0.0295. The van der Waals surface area contributed by atoms with Crippen molar-refractivity contribution in [3.8, 4) is 0 Å². The summed E-state index contributed by atoms with van der Waals surface area (Å²) < 4.78 is 0. The van der Waals surface area contributed by atoms with Crippen molar-refractivity contribution in [2.45, 2.75) is 37.0 Å². The summed E-state index contributed by atoms with van der Waals surface area (Å²) in [5, 5.41) is 8.86. The lowest BCUT2D eigenvalue weighted by Gasteiger charge is -2.33. The van der Waals surface area contributed by atoms with E-state index in [0.717, 1.165) is 65.4 Å². The van der Waals surface area contributed by atoms with Crippen molar-refractivity contribution < 1.29 is 0 Å². The molecule has 0 spiro atoms. The maximum Gasteiger partial charge on any atom is 0.140 e. The number of fused-ring (bicyclic) bond motifs is 4. The van der Waals surface area contributed by atoms with E-state index >= 15 is 0 Å². The molecule has 172 valence electrons. The van der Waals surface area contributed by atoms with Gasteiger partial charge in [-0.3, -0.25) is 4.98 Å². The number of anilines is 2. The van der Waals surface area contributed by atoms with Crippen LogP contribution in [0.5, 0.6) is 0 Å². The van der Waals surface area contributed by atoms with Crippen LogP contribution in [0, 0.1) is 0 Å². The first-order valence-corrected chi connectivity index (χ1v) is 12.6. The number of hydrogen-bond donors (Lipinski definition) is 2. The summed E-state index contributed by atoms with van der Waals surface area (Å²) in [5.41, 5.74) is 4.45. The standard InChI is InChI=1S/C26H26ClN7/c27-16-4-5-20-18(12-16)22-17(6-7-30-25(22)31-20)24-32-21-14-29-13-19(15-2-1-3-15)23(21)26(33-24)34-10-8-28-9-11-34/h4-7,12-15,17,22,28H,1-3,8-11H2,(H,30,31). The summed E-state index contributed by atoms with van der Waals surface area (Å²) in [7, 11) is 0. The van der Waals surface area contributed by atoms with Gasteiger partial charge >= 0.3 is 0 Å². The third-order valence-electron chi connectivity index (χ3n) is 7.67. The minimum Gasteiger partial charge on any atom is -0.353 e. The van der Waals surface area contributed by atoms with E-state index in [-0.39, 0.29) is 11.8 Å². The summed E-state index contributed by atoms with van der Waals surface area (Å²) >= 11 is 6.38. The number of piperazine rings is 1. The lowest BCUT2D eigenvalue weighted by molar-refractivity contribution is 0.421. The highest BCUT2D eigenvalue weighted by Crippen LogP contribution is 2.46. The Balaban J connectivity index is 1.40. The second-order valence-electron chi connectivity index (χ2n) is 9.61. The van der Waals surface area contributed by atoms with Crippen molar-refractivity contribution in [1.82, 2.24) is 20.3 Å². The zero-order valence-electron chi connectivity index (χ0n) is 18.8. The summed E-state index contributed by atoms with van der Waals surface area (Å²) in [6.45, 7) is 3.80. The molecule has 1 aromatic carbocycles. The van der Waals surface area contributed by atoms with Gasteiger partial charge in [-0.25, -0.2) is 15.0 Å². The van der Waals surface area contributed by atoms with Gasteiger partial charge in [0.2, 0.25) is 0 Å². The van der Waals surface area contributed by atoms with Crippen LogP contribution in [0.4, 0.5) is 11.5 Å². The molecule has 8 heteroatoms. The Kier molecular flexibility index (Phi) is 4.81. The molecule has 2 atom stereocenters. The minimum absolute atomic E-state index is 0.0230. The largest absolute Gasteiger partial charge is 0.353 e. The Morgan fingerprint density at radius 2 is 1.91 bits per heavy atom. The van der Waals surface area contributed by atoms with E-state index < -0.39 is 0 Å². The zero-order valence-corrected chi connectivity index (χ0v) is 19.6. The molecule has 1 aliphatic carbocycles. The second kappa shape index (κ2) is 8.03. The van der Waals surface area contributed by atoms with Gasteiger partial charge in [0.05, 0.1) is 23.5 Å². The lowest BCUT2D eigenvalue weighted by Crippen LogP contribution is -2.44. The third-order valence-corrected chi connectivity index (χ3v) is 7.90. The fourth-order valence-corrected chi connectivity index (χ4v) is 5.88. The molecule has 1 saturated heterocycles. The van der Waals surface area contributed by atoms with E-state index in [1.807, 2.05) is 36.8 Å². The molecule has 7 rings (SSSR count). The van der Waals surface area contributed by atoms with E-state index in [4.69, 9.17) is 21.6 Å². The van der Waals surface area contributed by atoms with Crippen LogP contribution in [0.2, 0.25) is 5.02 Å². The molecule has 2 fully saturated rings. The number of allylic oxidation sites excluding steroid dienone is 1. The molecule has 5 heterocycles. The molecule has 0 bridgehead atoms. The van der Waals surface area contributed by atoms with Crippen molar-refractivity contribution >= 4 is 39.8 Å². The molecule has 0 radical (unpaired) electrons. The number of nitrogens with one attached hydrogen (secondary N) is 2. The smallest absolute Gasteiger partial charge is 0.140 e. The highest BCUT2D eigenvalue weighted by atomic mass is 35.5. The van der Waals surface area contributed by atoms with Crippen LogP contribution in [0.3, 0.4) is 0 Å². The van der Waals surface area contributed by atoms with Gasteiger partial charge in [0.1, 0.15) is 17.5 Å². The Morgan fingerprint density at radius 3 is 2.74 bits per heavy atom. The van der Waals surface area contributed by atoms with Crippen molar-refractivity contribution in [1.29, 1.82) is 0 Å². The topological polar surface area (TPSA) is 78.3 Å². The first-order valence-electron chi connectivity index (χ1n) is 12.2. The fraction of sp³-hybridized carbons (Fsp3) is 0.385. The van der Waals surface area contributed by atoms with Gasteiger partial charge in [-0.05, 0) is 48.1 Å². The quantitative estimate of drug-likeness (QED) is 0.582. The van der Waals surface area contributed by atoms with Gasteiger partial charge in [0, 0.05) is 54.7 Å². The molecule has 3 aliphatic heterocycles. The molecule has 7 nitrogen and oxygen atoms in total. The number of aromatic nitrogens is 3. The molecule has 1 saturated carbocycles. The van der Waals surface area contributed by atoms with E-state index in [1.165, 1.54) is 30.2 Å². The number of benzene rings is 1. The van der Waals surface area contributed by atoms with Gasteiger partial charge in [-0.15, -0.1) is 0 Å². The van der Waals surface area contributed by atoms with Gasteiger partial charge < -0.3 is 15.5 Å². The Labute approximate surface area is 203 Å². The van der Waals surface area contributed by atoms with Crippen molar-refractivity contribution in [2.75, 3.05) is 36.4 Å². The van der Waals surface area contributed by atoms with Crippen LogP contribution >= 0.6 is 11.6 Å². The van der Waals surface area contributed by atoms with Crippen LogP contribution in [-0.4, -0.2) is 47.0 Å². The van der Waals surface area contributed by atoms with Gasteiger partial charge in [0.25, 0.3) is 0 Å². The van der Waals surface area contributed by atoms with E-state index in [0.29, 0.717) is 5.92 Å². The van der Waals surface area contributed by atoms with Crippen molar-refractivity contribution in [3.63, 3.8) is 0 Å². The van der Waals surface area contributed by atoms with E-state index in [2.05, 4.69) is 31.6 Å². The first-order chi connectivity index (χ1) is 16.8. The number of aliphatic imine (C=N–C) groups is 1. The summed E-state index contributed by atoms with van der Waals surface area (Å²) in [6.07, 6.45) is 11.7. The van der Waals surface area contributed by atoms with E-state index in [1.54, 1.807) is 0 Å². The molecule has 2 N–H and O–H groups in total. The van der Waals surface area contributed by atoms with Crippen LogP contribution in [0.15, 0.2) is 47.9 Å². The van der Waals surface area contributed by atoms with Crippen LogP contribution < -0.4 is 15.5 Å². The summed E-state index contributed by atoms with van der Waals surface area (Å²) in [4.78, 5) is 22.1. The van der Waals surface area contributed by atoms with Crippen LogP contribution in [-0.2, 0) is 0 Å². The predicted molar refractivity (Wildman–Crippen MR) is 136 cm³/mol. The molecule has 34 heavy (non-hydrogen) atoms. The highest BCUT2D eigenvalue weighted by molar-refractivity contribution is 6.31. The number of pyridine rings is 1. The zero-order chi connectivity index (χ0) is 22.6. The van der Waals surface area contributed by atoms with Crippen LogP contribution in [0.25, 0.3) is 10.9 Å². The Hall–Kier alpha value is -3.03. The SMILES string of the molecule is Clc1ccc2c(c1)C1C(=NC=CC1c1nc(N3CCNCC3)c3c(C4CCC4)cncc3n1)N2. The number of rotatable bonds is 3. The number of hydrogen-bond acceptors (Lipinski definition) is 7. The monoisotopic (exact) mass is 471 g/mol. The number of amidine groups is 1. The first kappa shape index (κ1) is 20.4. The molecular formula is C26H26ClN7. The van der Waals surface area contributed by atoms with Gasteiger partial charge in [-0.1, -0.05) is 24.1 Å². The number of halogens is 1. The molecular weight excluding hydrogens is 446 g/mol. The van der Waals surface area contributed by atoms with E-state index in [9.17, 15) is 0 Å². The molecule has 2 aromatic heterocycles. The predicted octanol–water partition coefficient (Wildman–Crippen LogP) is 4.57. The lowest BCUT2D eigenvalue weighted by atomic mass is 9.79. The fourth-order valence-electron chi connectivity index (χ4n) is 5.70. The third kappa shape index (κ3) is 3.21. The summed E-state index contributed by atoms with van der Waals surface area (Å²) in [6, 6.07) is 5.98. The van der Waals surface area contributed by atoms with Crippen LogP contribution in [0.1, 0.15) is 54.0 Å². The highest BCUT2D eigenvalue weighted by Gasteiger charge is 2.39.